The van der Waals surface area contributed by atoms with Crippen LogP contribution in [0.15, 0.2) is 53.4 Å². The number of thioether (sulfide) groups is 1. The summed E-state index contributed by atoms with van der Waals surface area (Å²) < 4.78 is 4.80. The number of benzene rings is 2. The third-order valence-corrected chi connectivity index (χ3v) is 5.78. The predicted octanol–water partition coefficient (Wildman–Crippen LogP) is 3.57. The molecule has 1 heterocycles. The van der Waals surface area contributed by atoms with Crippen LogP contribution < -0.4 is 4.90 Å². The molecule has 3 rings (SSSR count). The number of piperazine rings is 1. The number of esters is 1. The molecule has 142 valence electrons. The van der Waals surface area contributed by atoms with E-state index in [1.54, 1.807) is 12.1 Å². The molecular weight excluding hydrogens is 384 g/mol. The Morgan fingerprint density at radius 2 is 1.70 bits per heavy atom. The van der Waals surface area contributed by atoms with Gasteiger partial charge >= 0.3 is 5.97 Å². The van der Waals surface area contributed by atoms with Crippen molar-refractivity contribution in [3.63, 3.8) is 0 Å². The van der Waals surface area contributed by atoms with Gasteiger partial charge in [-0.2, -0.15) is 0 Å². The smallest absolute Gasteiger partial charge is 0.338 e. The molecule has 2 aromatic carbocycles. The molecule has 1 aliphatic heterocycles. The summed E-state index contributed by atoms with van der Waals surface area (Å²) in [6.45, 7) is 2.94. The molecule has 0 saturated carbocycles. The molecular formula is C20H21ClN2O3S. The lowest BCUT2D eigenvalue weighted by Crippen LogP contribution is -2.49. The number of rotatable bonds is 5. The molecule has 0 radical (unpaired) electrons. The Bertz CT molecular complexity index is 805. The molecule has 5 nitrogen and oxygen atoms in total. The number of methoxy groups -OCH3 is 1. The number of anilines is 1. The molecule has 27 heavy (non-hydrogen) atoms. The zero-order valence-electron chi connectivity index (χ0n) is 15.1. The van der Waals surface area contributed by atoms with E-state index in [0.717, 1.165) is 28.7 Å². The normalized spacial score (nSPS) is 14.1. The fourth-order valence-corrected chi connectivity index (χ4v) is 4.04. The van der Waals surface area contributed by atoms with Crippen molar-refractivity contribution < 1.29 is 14.3 Å². The zero-order valence-corrected chi connectivity index (χ0v) is 16.6. The summed E-state index contributed by atoms with van der Waals surface area (Å²) in [7, 11) is 1.36. The van der Waals surface area contributed by atoms with Gasteiger partial charge in [0, 0.05) is 41.8 Å². The Balaban J connectivity index is 1.53. The predicted molar refractivity (Wildman–Crippen MR) is 109 cm³/mol. The number of amides is 1. The van der Waals surface area contributed by atoms with Crippen LogP contribution in [0.4, 0.5) is 5.69 Å². The van der Waals surface area contributed by atoms with Gasteiger partial charge < -0.3 is 14.5 Å². The van der Waals surface area contributed by atoms with Crippen LogP contribution in [0.3, 0.4) is 0 Å². The van der Waals surface area contributed by atoms with Gasteiger partial charge in [-0.05, 0) is 36.4 Å². The van der Waals surface area contributed by atoms with E-state index in [-0.39, 0.29) is 11.9 Å². The number of carbonyl (C=O) groups excluding carboxylic acids is 2. The summed E-state index contributed by atoms with van der Waals surface area (Å²) in [5.41, 5.74) is 1.61. The highest BCUT2D eigenvalue weighted by atomic mass is 35.5. The number of halogens is 1. The Morgan fingerprint density at radius 3 is 2.37 bits per heavy atom. The van der Waals surface area contributed by atoms with Crippen molar-refractivity contribution in [3.05, 3.63) is 59.1 Å². The Morgan fingerprint density at radius 1 is 1.04 bits per heavy atom. The number of hydrogen-bond acceptors (Lipinski definition) is 5. The highest BCUT2D eigenvalue weighted by Gasteiger charge is 2.22. The molecule has 1 saturated heterocycles. The van der Waals surface area contributed by atoms with Crippen LogP contribution in [0.25, 0.3) is 0 Å². The maximum absolute atomic E-state index is 12.6. The molecule has 0 N–H and O–H groups in total. The molecule has 2 aromatic rings. The molecule has 1 amide bonds. The summed E-state index contributed by atoms with van der Waals surface area (Å²) in [6.07, 6.45) is 0. The SMILES string of the molecule is COC(=O)c1ccccc1SCC(=O)N1CCN(c2ccc(Cl)cc2)CC1. The second-order valence-electron chi connectivity index (χ2n) is 6.12. The van der Waals surface area contributed by atoms with Crippen LogP contribution in [0.2, 0.25) is 5.02 Å². The lowest BCUT2D eigenvalue weighted by Gasteiger charge is -2.36. The Labute approximate surface area is 168 Å². The van der Waals surface area contributed by atoms with Gasteiger partial charge in [-0.25, -0.2) is 4.79 Å². The van der Waals surface area contributed by atoms with Gasteiger partial charge in [-0.1, -0.05) is 23.7 Å². The van der Waals surface area contributed by atoms with Crippen molar-refractivity contribution in [2.75, 3.05) is 43.9 Å². The highest BCUT2D eigenvalue weighted by Crippen LogP contribution is 2.24. The minimum absolute atomic E-state index is 0.0791. The van der Waals surface area contributed by atoms with E-state index < -0.39 is 0 Å². The second-order valence-corrected chi connectivity index (χ2v) is 7.57. The van der Waals surface area contributed by atoms with Gasteiger partial charge in [0.2, 0.25) is 5.91 Å². The average Bonchev–Trinajstić information content (AvgIpc) is 2.72. The zero-order chi connectivity index (χ0) is 19.2. The van der Waals surface area contributed by atoms with Gasteiger partial charge in [0.1, 0.15) is 0 Å². The van der Waals surface area contributed by atoms with E-state index in [9.17, 15) is 9.59 Å². The van der Waals surface area contributed by atoms with Crippen molar-refractivity contribution in [1.29, 1.82) is 0 Å². The van der Waals surface area contributed by atoms with Gasteiger partial charge in [-0.3, -0.25) is 4.79 Å². The van der Waals surface area contributed by atoms with Crippen molar-refractivity contribution in [2.24, 2.45) is 0 Å². The first kappa shape index (κ1) is 19.6. The van der Waals surface area contributed by atoms with Gasteiger partial charge in [0.05, 0.1) is 18.4 Å². The fourth-order valence-electron chi connectivity index (χ4n) is 2.97. The molecule has 7 heteroatoms. The average molecular weight is 405 g/mol. The van der Waals surface area contributed by atoms with E-state index in [2.05, 4.69) is 4.90 Å². The molecule has 0 bridgehead atoms. The van der Waals surface area contributed by atoms with Crippen LogP contribution >= 0.6 is 23.4 Å². The summed E-state index contributed by atoms with van der Waals surface area (Å²) in [6, 6.07) is 14.9. The largest absolute Gasteiger partial charge is 0.465 e. The molecule has 0 atom stereocenters. The van der Waals surface area contributed by atoms with Gasteiger partial charge in [0.25, 0.3) is 0 Å². The summed E-state index contributed by atoms with van der Waals surface area (Å²) in [5, 5.41) is 0.719. The number of nitrogens with zero attached hydrogens (tertiary/aromatic N) is 2. The number of hydrogen-bond donors (Lipinski definition) is 0. The fraction of sp³-hybridized carbons (Fsp3) is 0.300. The summed E-state index contributed by atoms with van der Waals surface area (Å²) >= 11 is 7.31. The van der Waals surface area contributed by atoms with Crippen molar-refractivity contribution in [1.82, 2.24) is 4.90 Å². The van der Waals surface area contributed by atoms with Gasteiger partial charge in [0.15, 0.2) is 0 Å². The first-order valence-electron chi connectivity index (χ1n) is 8.67. The molecule has 1 fully saturated rings. The molecule has 1 aliphatic rings. The lowest BCUT2D eigenvalue weighted by atomic mass is 10.2. The minimum atomic E-state index is -0.387. The lowest BCUT2D eigenvalue weighted by molar-refractivity contribution is -0.128. The van der Waals surface area contributed by atoms with Crippen LogP contribution in [0, 0.1) is 0 Å². The van der Waals surface area contributed by atoms with E-state index >= 15 is 0 Å². The quantitative estimate of drug-likeness (QED) is 0.563. The van der Waals surface area contributed by atoms with E-state index in [1.807, 2.05) is 41.3 Å². The van der Waals surface area contributed by atoms with Crippen LogP contribution in [0.5, 0.6) is 0 Å². The third kappa shape index (κ3) is 4.96. The van der Waals surface area contributed by atoms with Crippen molar-refractivity contribution >= 4 is 40.9 Å². The molecule has 0 aliphatic carbocycles. The monoisotopic (exact) mass is 404 g/mol. The summed E-state index contributed by atoms with van der Waals surface area (Å²) in [4.78, 5) is 29.3. The topological polar surface area (TPSA) is 49.9 Å². The van der Waals surface area contributed by atoms with Crippen LogP contribution in [0.1, 0.15) is 10.4 Å². The van der Waals surface area contributed by atoms with Crippen LogP contribution in [-0.4, -0.2) is 55.8 Å². The molecule has 0 spiro atoms. The van der Waals surface area contributed by atoms with Crippen molar-refractivity contribution in [2.45, 2.75) is 4.90 Å². The van der Waals surface area contributed by atoms with E-state index in [4.69, 9.17) is 16.3 Å². The first-order chi connectivity index (χ1) is 13.1. The molecule has 0 unspecified atom stereocenters. The third-order valence-electron chi connectivity index (χ3n) is 4.47. The maximum Gasteiger partial charge on any atom is 0.338 e. The standard InChI is InChI=1S/C20H21ClN2O3S/c1-26-20(25)17-4-2-3-5-18(17)27-14-19(24)23-12-10-22(11-13-23)16-8-6-15(21)7-9-16/h2-9H,10-14H2,1H3. The number of carbonyl (C=O) groups is 2. The van der Waals surface area contributed by atoms with Gasteiger partial charge in [-0.15, -0.1) is 11.8 Å². The summed E-state index contributed by atoms with van der Waals surface area (Å²) in [5.74, 6) is -0.00727. The Hall–Kier alpha value is -2.18. The highest BCUT2D eigenvalue weighted by molar-refractivity contribution is 8.00. The minimum Gasteiger partial charge on any atom is -0.465 e. The first-order valence-corrected chi connectivity index (χ1v) is 10.0. The Kier molecular flexibility index (Phi) is 6.63. The van der Waals surface area contributed by atoms with Crippen molar-refractivity contribution in [3.8, 4) is 0 Å². The van der Waals surface area contributed by atoms with Crippen LogP contribution in [-0.2, 0) is 9.53 Å². The molecule has 0 aromatic heterocycles. The second kappa shape index (κ2) is 9.15. The van der Waals surface area contributed by atoms with E-state index in [0.29, 0.717) is 24.4 Å². The maximum atomic E-state index is 12.6. The number of ether oxygens (including phenoxy) is 1. The van der Waals surface area contributed by atoms with E-state index in [1.165, 1.54) is 18.9 Å².